The lowest BCUT2D eigenvalue weighted by Crippen LogP contribution is -2.48. The van der Waals surface area contributed by atoms with Crippen LogP contribution in [-0.2, 0) is 22.6 Å². The number of H-pyrrole nitrogens is 1. The van der Waals surface area contributed by atoms with Gasteiger partial charge in [0.25, 0.3) is 0 Å². The maximum atomic E-state index is 12.2. The van der Waals surface area contributed by atoms with Gasteiger partial charge in [-0.15, -0.1) is 12.3 Å². The van der Waals surface area contributed by atoms with E-state index in [9.17, 15) is 14.7 Å². The fraction of sp³-hybridized carbons (Fsp3) is 0.500. The minimum atomic E-state index is -0.990. The highest BCUT2D eigenvalue weighted by molar-refractivity contribution is 5.84. The van der Waals surface area contributed by atoms with Gasteiger partial charge in [0, 0.05) is 19.3 Å². The van der Waals surface area contributed by atoms with Gasteiger partial charge in [0.2, 0.25) is 5.91 Å². The summed E-state index contributed by atoms with van der Waals surface area (Å²) in [6, 6.07) is -0.828. The molecule has 1 aliphatic heterocycles. The molecule has 2 N–H and O–H groups in total. The summed E-state index contributed by atoms with van der Waals surface area (Å²) in [7, 11) is 0. The Morgan fingerprint density at radius 2 is 2.35 bits per heavy atom. The molecule has 106 valence electrons. The molecule has 1 unspecified atom stereocenters. The van der Waals surface area contributed by atoms with Crippen LogP contribution >= 0.6 is 0 Å². The zero-order chi connectivity index (χ0) is 14.5. The Morgan fingerprint density at radius 3 is 3.05 bits per heavy atom. The Kier molecular flexibility index (Phi) is 4.41. The molecule has 2 rings (SSSR count). The Labute approximate surface area is 117 Å². The van der Waals surface area contributed by atoms with E-state index < -0.39 is 12.0 Å². The number of rotatable bonds is 5. The van der Waals surface area contributed by atoms with E-state index in [4.69, 9.17) is 6.42 Å². The number of nitrogens with zero attached hydrogens (tertiary/aromatic N) is 2. The predicted molar refractivity (Wildman–Crippen MR) is 71.6 cm³/mol. The SMILES string of the molecule is C#CCCCCC(=O)N1Cc2[nH]cnc2CC1C(=O)O. The second-order valence-electron chi connectivity index (χ2n) is 4.82. The molecule has 1 aromatic rings. The maximum absolute atomic E-state index is 12.2. The van der Waals surface area contributed by atoms with Gasteiger partial charge in [-0.2, -0.15) is 0 Å². The summed E-state index contributed by atoms with van der Waals surface area (Å²) in [5.41, 5.74) is 1.55. The van der Waals surface area contributed by atoms with Crippen LogP contribution in [0.3, 0.4) is 0 Å². The molecule has 0 saturated carbocycles. The molecule has 1 aromatic heterocycles. The van der Waals surface area contributed by atoms with Crippen LogP contribution in [0.1, 0.15) is 37.1 Å². The van der Waals surface area contributed by atoms with Crippen molar-refractivity contribution in [1.29, 1.82) is 0 Å². The number of carboxylic acids is 1. The Morgan fingerprint density at radius 1 is 1.55 bits per heavy atom. The number of hydrogen-bond donors (Lipinski definition) is 2. The van der Waals surface area contributed by atoms with Gasteiger partial charge in [-0.25, -0.2) is 9.78 Å². The Bertz CT molecular complexity index is 544. The van der Waals surface area contributed by atoms with Crippen molar-refractivity contribution < 1.29 is 14.7 Å². The molecule has 0 saturated heterocycles. The van der Waals surface area contributed by atoms with Crippen LogP contribution in [0, 0.1) is 12.3 Å². The summed E-state index contributed by atoms with van der Waals surface area (Å²) in [6.45, 7) is 0.278. The summed E-state index contributed by atoms with van der Waals surface area (Å²) in [5, 5.41) is 9.27. The molecule has 6 heteroatoms. The van der Waals surface area contributed by atoms with Crippen LogP contribution in [-0.4, -0.2) is 37.9 Å². The van der Waals surface area contributed by atoms with Crippen molar-refractivity contribution in [3.05, 3.63) is 17.7 Å². The lowest BCUT2D eigenvalue weighted by Gasteiger charge is -2.32. The molecule has 0 spiro atoms. The minimum Gasteiger partial charge on any atom is -0.480 e. The van der Waals surface area contributed by atoms with Crippen molar-refractivity contribution in [2.45, 2.75) is 44.7 Å². The van der Waals surface area contributed by atoms with E-state index in [1.54, 1.807) is 0 Å². The van der Waals surface area contributed by atoms with Crippen LogP contribution in [0.25, 0.3) is 0 Å². The number of fused-ring (bicyclic) bond motifs is 1. The number of nitrogens with one attached hydrogen (secondary N) is 1. The van der Waals surface area contributed by atoms with Crippen molar-refractivity contribution in [1.82, 2.24) is 14.9 Å². The van der Waals surface area contributed by atoms with Crippen LogP contribution in [0.4, 0.5) is 0 Å². The third-order valence-electron chi connectivity index (χ3n) is 3.47. The minimum absolute atomic E-state index is 0.144. The van der Waals surface area contributed by atoms with E-state index in [0.717, 1.165) is 17.8 Å². The van der Waals surface area contributed by atoms with Crippen molar-refractivity contribution in [3.8, 4) is 12.3 Å². The fourth-order valence-corrected chi connectivity index (χ4v) is 2.37. The van der Waals surface area contributed by atoms with Gasteiger partial charge in [-0.3, -0.25) is 4.79 Å². The van der Waals surface area contributed by atoms with Crippen LogP contribution < -0.4 is 0 Å². The smallest absolute Gasteiger partial charge is 0.326 e. The van der Waals surface area contributed by atoms with E-state index in [1.165, 1.54) is 11.2 Å². The number of carboxylic acid groups (broad SMARTS) is 1. The number of unbranched alkanes of at least 4 members (excludes halogenated alkanes) is 2. The second-order valence-corrected chi connectivity index (χ2v) is 4.82. The number of aliphatic carboxylic acids is 1. The lowest BCUT2D eigenvalue weighted by molar-refractivity contribution is -0.151. The molecule has 20 heavy (non-hydrogen) atoms. The number of terminal acetylenes is 1. The highest BCUT2D eigenvalue weighted by Gasteiger charge is 2.35. The van der Waals surface area contributed by atoms with Crippen molar-refractivity contribution in [3.63, 3.8) is 0 Å². The van der Waals surface area contributed by atoms with Crippen LogP contribution in [0.2, 0.25) is 0 Å². The van der Waals surface area contributed by atoms with Gasteiger partial charge in [-0.05, 0) is 12.8 Å². The molecule has 0 fully saturated rings. The molecule has 1 aliphatic rings. The third kappa shape index (κ3) is 2.99. The summed E-state index contributed by atoms with van der Waals surface area (Å²) >= 11 is 0. The standard InChI is InChI=1S/C14H17N3O3/c1-2-3-4-5-6-13(18)17-8-11-10(15-9-16-11)7-12(17)14(19)20/h1,9,12H,3-8H2,(H,15,16)(H,19,20). The fourth-order valence-electron chi connectivity index (χ4n) is 2.37. The summed E-state index contributed by atoms with van der Waals surface area (Å²) in [5.74, 6) is 1.39. The normalized spacial score (nSPS) is 17.4. The van der Waals surface area contributed by atoms with E-state index in [0.29, 0.717) is 19.3 Å². The topological polar surface area (TPSA) is 86.3 Å². The molecule has 1 amide bonds. The third-order valence-corrected chi connectivity index (χ3v) is 3.47. The molecule has 0 aromatic carbocycles. The van der Waals surface area contributed by atoms with Crippen molar-refractivity contribution >= 4 is 11.9 Å². The number of hydrogen-bond acceptors (Lipinski definition) is 3. The first kappa shape index (κ1) is 14.1. The van der Waals surface area contributed by atoms with E-state index >= 15 is 0 Å². The van der Waals surface area contributed by atoms with E-state index in [-0.39, 0.29) is 18.9 Å². The van der Waals surface area contributed by atoms with Gasteiger partial charge in [0.05, 0.1) is 24.3 Å². The van der Waals surface area contributed by atoms with Crippen LogP contribution in [0.15, 0.2) is 6.33 Å². The number of amides is 1. The first-order chi connectivity index (χ1) is 9.63. The molecule has 1 atom stereocenters. The summed E-state index contributed by atoms with van der Waals surface area (Å²) in [4.78, 5) is 32.0. The number of carbonyl (C=O) groups is 2. The lowest BCUT2D eigenvalue weighted by atomic mass is 10.0. The molecule has 6 nitrogen and oxygen atoms in total. The molecular formula is C14H17N3O3. The van der Waals surface area contributed by atoms with Gasteiger partial charge in [0.15, 0.2) is 0 Å². The monoisotopic (exact) mass is 275 g/mol. The maximum Gasteiger partial charge on any atom is 0.326 e. The Balaban J connectivity index is 2.03. The zero-order valence-corrected chi connectivity index (χ0v) is 11.1. The van der Waals surface area contributed by atoms with E-state index in [2.05, 4.69) is 15.9 Å². The zero-order valence-electron chi connectivity index (χ0n) is 11.1. The van der Waals surface area contributed by atoms with Gasteiger partial charge in [0.1, 0.15) is 6.04 Å². The molecule has 2 heterocycles. The van der Waals surface area contributed by atoms with E-state index in [1.807, 2.05) is 0 Å². The number of aromatic nitrogens is 2. The first-order valence-corrected chi connectivity index (χ1v) is 6.60. The highest BCUT2D eigenvalue weighted by Crippen LogP contribution is 2.22. The van der Waals surface area contributed by atoms with Crippen molar-refractivity contribution in [2.24, 2.45) is 0 Å². The van der Waals surface area contributed by atoms with Gasteiger partial charge >= 0.3 is 5.97 Å². The number of imidazole rings is 1. The summed E-state index contributed by atoms with van der Waals surface area (Å²) < 4.78 is 0. The molecule has 0 bridgehead atoms. The summed E-state index contributed by atoms with van der Waals surface area (Å²) in [6.07, 6.45) is 9.37. The Hall–Kier alpha value is -2.29. The molecule has 0 radical (unpaired) electrons. The predicted octanol–water partition coefficient (Wildman–Crippen LogP) is 0.941. The van der Waals surface area contributed by atoms with Gasteiger partial charge in [-0.1, -0.05) is 0 Å². The van der Waals surface area contributed by atoms with Gasteiger partial charge < -0.3 is 15.0 Å². The van der Waals surface area contributed by atoms with Crippen molar-refractivity contribution in [2.75, 3.05) is 0 Å². The first-order valence-electron chi connectivity index (χ1n) is 6.60. The molecular weight excluding hydrogens is 258 g/mol. The average Bonchev–Trinajstić information content (AvgIpc) is 2.89. The second kappa shape index (κ2) is 6.24. The van der Waals surface area contributed by atoms with Crippen LogP contribution in [0.5, 0.6) is 0 Å². The largest absolute Gasteiger partial charge is 0.480 e. The quantitative estimate of drug-likeness (QED) is 0.618. The number of aromatic amines is 1. The molecule has 0 aliphatic carbocycles. The average molecular weight is 275 g/mol. The highest BCUT2D eigenvalue weighted by atomic mass is 16.4. The number of carbonyl (C=O) groups excluding carboxylic acids is 1.